The molecule has 110 valence electrons. The van der Waals surface area contributed by atoms with E-state index in [1.54, 1.807) is 0 Å². The molecule has 1 rings (SSSR count). The van der Waals surface area contributed by atoms with Gasteiger partial charge in [0.25, 0.3) is 0 Å². The molecule has 0 radical (unpaired) electrons. The first-order chi connectivity index (χ1) is 8.88. The zero-order chi connectivity index (χ0) is 14.7. The fourth-order valence-electron chi connectivity index (χ4n) is 2.80. The summed E-state index contributed by atoms with van der Waals surface area (Å²) in [5, 5.41) is -0.247. The van der Waals surface area contributed by atoms with Crippen molar-refractivity contribution in [3.8, 4) is 0 Å². The monoisotopic (exact) mass is 284 g/mol. The average Bonchev–Trinajstić information content (AvgIpc) is 2.55. The van der Waals surface area contributed by atoms with Crippen LogP contribution < -0.4 is 0 Å². The van der Waals surface area contributed by atoms with E-state index in [0.29, 0.717) is 19.8 Å². The summed E-state index contributed by atoms with van der Waals surface area (Å²) in [6.07, 6.45) is 2.27. The van der Waals surface area contributed by atoms with E-state index in [-0.39, 0.29) is 5.04 Å². The van der Waals surface area contributed by atoms with Crippen LogP contribution >= 0.6 is 0 Å². The Balaban J connectivity index is 3.31. The summed E-state index contributed by atoms with van der Waals surface area (Å²) in [5.41, 5.74) is 3.95. The van der Waals surface area contributed by atoms with Crippen LogP contribution in [0.25, 0.3) is 0 Å². The standard InChI is InChI=1S/C15H28O3Si/c1-8-16-19(17-9-2,18-10-3)15(7)11-12(4)13(5)14(15)6/h11H,8-10H2,1-7H3. The molecule has 1 atom stereocenters. The molecule has 0 aromatic heterocycles. The second kappa shape index (κ2) is 6.35. The molecular formula is C15H28O3Si. The Bertz CT molecular complexity index is 370. The Hall–Kier alpha value is -0.423. The smallest absolute Gasteiger partial charge is 0.373 e. The molecule has 1 unspecified atom stereocenters. The first kappa shape index (κ1) is 16.6. The summed E-state index contributed by atoms with van der Waals surface area (Å²) in [6.45, 7) is 16.5. The summed E-state index contributed by atoms with van der Waals surface area (Å²) in [4.78, 5) is 0. The van der Waals surface area contributed by atoms with Crippen molar-refractivity contribution in [3.63, 3.8) is 0 Å². The molecule has 0 aliphatic heterocycles. The first-order valence-corrected chi connectivity index (χ1v) is 8.90. The quantitative estimate of drug-likeness (QED) is 0.659. The summed E-state index contributed by atoms with van der Waals surface area (Å²) >= 11 is 0. The van der Waals surface area contributed by atoms with Crippen molar-refractivity contribution in [3.05, 3.63) is 22.8 Å². The summed E-state index contributed by atoms with van der Waals surface area (Å²) in [5.74, 6) is 0. The van der Waals surface area contributed by atoms with Crippen molar-refractivity contribution in [1.29, 1.82) is 0 Å². The van der Waals surface area contributed by atoms with E-state index in [2.05, 4.69) is 33.8 Å². The van der Waals surface area contributed by atoms with E-state index in [1.165, 1.54) is 16.7 Å². The highest BCUT2D eigenvalue weighted by Crippen LogP contribution is 2.54. The maximum atomic E-state index is 6.08. The van der Waals surface area contributed by atoms with Gasteiger partial charge in [0.2, 0.25) is 0 Å². The van der Waals surface area contributed by atoms with Gasteiger partial charge in [-0.05, 0) is 54.0 Å². The molecule has 0 bridgehead atoms. The Morgan fingerprint density at radius 2 is 1.37 bits per heavy atom. The molecule has 0 aromatic rings. The van der Waals surface area contributed by atoms with Gasteiger partial charge in [-0.15, -0.1) is 0 Å². The minimum atomic E-state index is -2.77. The van der Waals surface area contributed by atoms with Crippen LogP contribution in [0.2, 0.25) is 5.04 Å². The molecule has 19 heavy (non-hydrogen) atoms. The van der Waals surface area contributed by atoms with E-state index in [9.17, 15) is 0 Å². The molecule has 1 aliphatic rings. The van der Waals surface area contributed by atoms with Gasteiger partial charge in [-0.1, -0.05) is 17.2 Å². The van der Waals surface area contributed by atoms with Crippen LogP contribution in [0.3, 0.4) is 0 Å². The van der Waals surface area contributed by atoms with E-state index in [0.717, 1.165) is 0 Å². The van der Waals surface area contributed by atoms with Gasteiger partial charge < -0.3 is 13.3 Å². The van der Waals surface area contributed by atoms with Gasteiger partial charge in [0.1, 0.15) is 0 Å². The lowest BCUT2D eigenvalue weighted by Gasteiger charge is -2.41. The molecule has 0 aromatic carbocycles. The Morgan fingerprint density at radius 3 is 1.63 bits per heavy atom. The third-order valence-electron chi connectivity index (χ3n) is 4.08. The molecule has 0 N–H and O–H groups in total. The third-order valence-corrected chi connectivity index (χ3v) is 7.87. The zero-order valence-electron chi connectivity index (χ0n) is 13.4. The largest absolute Gasteiger partial charge is 0.515 e. The van der Waals surface area contributed by atoms with E-state index in [4.69, 9.17) is 13.3 Å². The highest BCUT2D eigenvalue weighted by molar-refractivity contribution is 6.66. The molecule has 3 nitrogen and oxygen atoms in total. The summed E-state index contributed by atoms with van der Waals surface area (Å²) in [7, 11) is -2.77. The second-order valence-electron chi connectivity index (χ2n) is 5.13. The van der Waals surface area contributed by atoms with E-state index >= 15 is 0 Å². The maximum Gasteiger partial charge on any atom is 0.515 e. The molecule has 1 aliphatic carbocycles. The van der Waals surface area contributed by atoms with Crippen LogP contribution in [0.15, 0.2) is 22.8 Å². The lowest BCUT2D eigenvalue weighted by Crippen LogP contribution is -2.55. The Kier molecular flexibility index (Phi) is 5.56. The predicted octanol–water partition coefficient (Wildman–Crippen LogP) is 4.09. The van der Waals surface area contributed by atoms with Gasteiger partial charge in [0, 0.05) is 19.8 Å². The van der Waals surface area contributed by atoms with E-state index < -0.39 is 8.80 Å². The van der Waals surface area contributed by atoms with Crippen LogP contribution in [0.1, 0.15) is 48.5 Å². The third kappa shape index (κ3) is 2.72. The van der Waals surface area contributed by atoms with Crippen molar-refractivity contribution in [1.82, 2.24) is 0 Å². The Morgan fingerprint density at radius 1 is 0.947 bits per heavy atom. The van der Waals surface area contributed by atoms with Gasteiger partial charge in [0.15, 0.2) is 0 Å². The van der Waals surface area contributed by atoms with Gasteiger partial charge >= 0.3 is 8.80 Å². The molecule has 0 saturated carbocycles. The Labute approximate surface area is 119 Å². The molecular weight excluding hydrogens is 256 g/mol. The molecule has 0 fully saturated rings. The minimum absolute atomic E-state index is 0.247. The van der Waals surface area contributed by atoms with Crippen LogP contribution in [-0.2, 0) is 13.3 Å². The lowest BCUT2D eigenvalue weighted by atomic mass is 10.0. The highest BCUT2D eigenvalue weighted by atomic mass is 28.4. The number of hydrogen-bond acceptors (Lipinski definition) is 3. The zero-order valence-corrected chi connectivity index (χ0v) is 14.4. The molecule has 4 heteroatoms. The normalized spacial score (nSPS) is 24.1. The fourth-order valence-corrected chi connectivity index (χ4v) is 6.13. The van der Waals surface area contributed by atoms with Crippen molar-refractivity contribution >= 4 is 8.80 Å². The van der Waals surface area contributed by atoms with Gasteiger partial charge in [0.05, 0.1) is 5.04 Å². The van der Waals surface area contributed by atoms with Gasteiger partial charge in [-0.3, -0.25) is 0 Å². The highest BCUT2D eigenvalue weighted by Gasteiger charge is 2.59. The van der Waals surface area contributed by atoms with Crippen molar-refractivity contribution < 1.29 is 13.3 Å². The van der Waals surface area contributed by atoms with Gasteiger partial charge in [-0.2, -0.15) is 0 Å². The fraction of sp³-hybridized carbons (Fsp3) is 0.733. The summed E-state index contributed by atoms with van der Waals surface area (Å²) in [6, 6.07) is 0. The number of rotatable bonds is 7. The van der Waals surface area contributed by atoms with Gasteiger partial charge in [-0.25, -0.2) is 0 Å². The second-order valence-corrected chi connectivity index (χ2v) is 8.15. The maximum absolute atomic E-state index is 6.08. The van der Waals surface area contributed by atoms with Crippen molar-refractivity contribution in [2.24, 2.45) is 0 Å². The minimum Gasteiger partial charge on any atom is -0.373 e. The van der Waals surface area contributed by atoms with Crippen molar-refractivity contribution in [2.75, 3.05) is 19.8 Å². The SMILES string of the molecule is CCO[Si](OCC)(OCC)C1(C)C=C(C)C(C)=C1C. The van der Waals surface area contributed by atoms with Crippen LogP contribution in [0.4, 0.5) is 0 Å². The van der Waals surface area contributed by atoms with Crippen LogP contribution in [0.5, 0.6) is 0 Å². The lowest BCUT2D eigenvalue weighted by molar-refractivity contribution is 0.0574. The predicted molar refractivity (Wildman–Crippen MR) is 81.1 cm³/mol. The van der Waals surface area contributed by atoms with E-state index in [1.807, 2.05) is 20.8 Å². The topological polar surface area (TPSA) is 27.7 Å². The first-order valence-electron chi connectivity index (χ1n) is 7.18. The van der Waals surface area contributed by atoms with Crippen LogP contribution in [-0.4, -0.2) is 28.6 Å². The molecule has 0 spiro atoms. The number of allylic oxidation sites excluding steroid dienone is 4. The number of hydrogen-bond donors (Lipinski definition) is 0. The molecule has 0 heterocycles. The van der Waals surface area contributed by atoms with Crippen LogP contribution in [0, 0.1) is 0 Å². The molecule has 0 saturated heterocycles. The summed E-state index contributed by atoms with van der Waals surface area (Å²) < 4.78 is 18.2. The van der Waals surface area contributed by atoms with Crippen molar-refractivity contribution in [2.45, 2.75) is 53.5 Å². The molecule has 0 amide bonds. The average molecular weight is 284 g/mol.